The summed E-state index contributed by atoms with van der Waals surface area (Å²) in [6.45, 7) is 3.78. The van der Waals surface area contributed by atoms with Crippen LogP contribution in [0.2, 0.25) is 0 Å². The molecule has 0 aliphatic carbocycles. The van der Waals surface area contributed by atoms with Gasteiger partial charge in [0.15, 0.2) is 11.5 Å². The van der Waals surface area contributed by atoms with E-state index in [1.54, 1.807) is 7.11 Å². The molecule has 1 aromatic rings. The molecule has 1 aliphatic rings. The van der Waals surface area contributed by atoms with E-state index in [-0.39, 0.29) is 19.1 Å². The van der Waals surface area contributed by atoms with Crippen LogP contribution in [-0.4, -0.2) is 81.0 Å². The normalized spacial score (nSPS) is 16.7. The first-order valence-electron chi connectivity index (χ1n) is 10.5. The van der Waals surface area contributed by atoms with Crippen LogP contribution < -0.4 is 9.47 Å². The summed E-state index contributed by atoms with van der Waals surface area (Å²) < 4.78 is 16.0. The Morgan fingerprint density at radius 2 is 1.83 bits per heavy atom. The van der Waals surface area contributed by atoms with Gasteiger partial charge in [0, 0.05) is 13.1 Å². The summed E-state index contributed by atoms with van der Waals surface area (Å²) in [4.78, 5) is 15.6. The Labute approximate surface area is 174 Å². The monoisotopic (exact) mass is 408 g/mol. The molecule has 0 amide bonds. The predicted molar refractivity (Wildman–Crippen MR) is 112 cm³/mol. The molecule has 0 radical (unpaired) electrons. The Bertz CT molecular complexity index is 617. The number of esters is 1. The van der Waals surface area contributed by atoms with E-state index in [2.05, 4.69) is 4.90 Å². The second kappa shape index (κ2) is 12.7. The zero-order valence-electron chi connectivity index (χ0n) is 18.1. The molecule has 0 aromatic heterocycles. The third kappa shape index (κ3) is 8.60. The number of likely N-dealkylation sites (N-methyl/N-ethyl adjacent to an activating group) is 1. The predicted octanol–water partition coefficient (Wildman–Crippen LogP) is 2.31. The number of aliphatic hydroxyl groups excluding tert-OH is 1. The number of likely N-dealkylation sites (tertiary alicyclic amines) is 1. The lowest BCUT2D eigenvalue weighted by atomic mass is 10.1. The Balaban J connectivity index is 1.85. The zero-order valence-corrected chi connectivity index (χ0v) is 18.1. The largest absolute Gasteiger partial charge is 0.493 e. The van der Waals surface area contributed by atoms with Crippen molar-refractivity contribution in [1.29, 1.82) is 0 Å². The molecule has 7 nitrogen and oxygen atoms in total. The summed E-state index contributed by atoms with van der Waals surface area (Å²) in [6.07, 6.45) is 5.75. The molecule has 1 fully saturated rings. The molecule has 7 heteroatoms. The van der Waals surface area contributed by atoms with Crippen molar-refractivity contribution in [3.05, 3.63) is 23.8 Å². The van der Waals surface area contributed by atoms with E-state index < -0.39 is 6.10 Å². The van der Waals surface area contributed by atoms with Gasteiger partial charge in [0.1, 0.15) is 12.7 Å². The lowest BCUT2D eigenvalue weighted by Gasteiger charge is -2.26. The number of β-amino-alcohol motifs (C(OH)–C–C–N with tert-alkyl or cyclic N) is 1. The van der Waals surface area contributed by atoms with Crippen LogP contribution in [0.15, 0.2) is 18.2 Å². The van der Waals surface area contributed by atoms with Gasteiger partial charge in [-0.25, -0.2) is 0 Å². The van der Waals surface area contributed by atoms with Gasteiger partial charge in [0.05, 0.1) is 20.8 Å². The summed E-state index contributed by atoms with van der Waals surface area (Å²) in [6, 6.07) is 5.69. The Hall–Kier alpha value is -1.83. The van der Waals surface area contributed by atoms with E-state index in [1.165, 1.54) is 39.2 Å². The minimum Gasteiger partial charge on any atom is -0.493 e. The summed E-state index contributed by atoms with van der Waals surface area (Å²) >= 11 is 0. The lowest BCUT2D eigenvalue weighted by molar-refractivity contribution is -0.141. The second-order valence-corrected chi connectivity index (χ2v) is 7.77. The topological polar surface area (TPSA) is 71.5 Å². The Morgan fingerprint density at radius 3 is 2.48 bits per heavy atom. The number of carbonyl (C=O) groups is 1. The van der Waals surface area contributed by atoms with Crippen molar-refractivity contribution in [2.75, 3.05) is 54.1 Å². The average molecular weight is 409 g/mol. The minimum atomic E-state index is -0.537. The molecule has 29 heavy (non-hydrogen) atoms. The molecule has 0 saturated carbocycles. The van der Waals surface area contributed by atoms with Crippen LogP contribution >= 0.6 is 0 Å². The van der Waals surface area contributed by atoms with Crippen molar-refractivity contribution in [2.45, 2.75) is 44.8 Å². The van der Waals surface area contributed by atoms with Gasteiger partial charge in [0.2, 0.25) is 0 Å². The van der Waals surface area contributed by atoms with Crippen LogP contribution in [0.25, 0.3) is 0 Å². The van der Waals surface area contributed by atoms with Gasteiger partial charge in [-0.2, -0.15) is 0 Å². The highest BCUT2D eigenvalue weighted by Gasteiger charge is 2.15. The van der Waals surface area contributed by atoms with E-state index in [0.29, 0.717) is 24.6 Å². The quantitative estimate of drug-likeness (QED) is 0.596. The molecule has 0 bridgehead atoms. The van der Waals surface area contributed by atoms with Crippen molar-refractivity contribution >= 4 is 5.97 Å². The Kier molecular flexibility index (Phi) is 10.2. The number of hydrogen-bond donors (Lipinski definition) is 1. The van der Waals surface area contributed by atoms with Gasteiger partial charge >= 0.3 is 5.97 Å². The fourth-order valence-corrected chi connectivity index (χ4v) is 3.61. The van der Waals surface area contributed by atoms with Crippen molar-refractivity contribution in [3.63, 3.8) is 0 Å². The highest BCUT2D eigenvalue weighted by atomic mass is 16.5. The van der Waals surface area contributed by atoms with Gasteiger partial charge in [-0.05, 0) is 50.7 Å². The summed E-state index contributed by atoms with van der Waals surface area (Å²) in [5, 5.41) is 10.4. The van der Waals surface area contributed by atoms with Crippen molar-refractivity contribution in [1.82, 2.24) is 9.80 Å². The fraction of sp³-hybridized carbons (Fsp3) is 0.682. The van der Waals surface area contributed by atoms with Crippen LogP contribution in [-0.2, 0) is 16.1 Å². The van der Waals surface area contributed by atoms with E-state index in [1.807, 2.05) is 30.1 Å². The van der Waals surface area contributed by atoms with Gasteiger partial charge in [0.25, 0.3) is 0 Å². The number of carbonyl (C=O) groups excluding carboxylic acids is 1. The number of aliphatic hydroxyl groups is 1. The maximum atomic E-state index is 11.4. The molecular weight excluding hydrogens is 372 g/mol. The van der Waals surface area contributed by atoms with E-state index in [4.69, 9.17) is 14.2 Å². The Morgan fingerprint density at radius 1 is 1.14 bits per heavy atom. The second-order valence-electron chi connectivity index (χ2n) is 7.77. The third-order valence-electron chi connectivity index (χ3n) is 5.16. The summed E-state index contributed by atoms with van der Waals surface area (Å²) in [7, 11) is 4.84. The maximum absolute atomic E-state index is 11.4. The number of ether oxygens (including phenoxy) is 3. The first kappa shape index (κ1) is 23.4. The number of hydrogen-bond acceptors (Lipinski definition) is 7. The average Bonchev–Trinajstić information content (AvgIpc) is 2.68. The maximum Gasteiger partial charge on any atom is 0.319 e. The standard InChI is InChI=1S/C22H36N2O5/c1-23(16-22(26)28-3)14-18-9-10-20(21(13-18)27-2)29-17-19(25)15-24-11-7-5-4-6-8-12-24/h9-10,13,19,25H,4-8,11-12,14-17H2,1-3H3. The zero-order chi connectivity index (χ0) is 21.1. The number of nitrogens with zero attached hydrogens (tertiary/aromatic N) is 2. The van der Waals surface area contributed by atoms with Gasteiger partial charge in [-0.1, -0.05) is 25.3 Å². The van der Waals surface area contributed by atoms with Crippen LogP contribution in [0, 0.1) is 0 Å². The SMILES string of the molecule is COC(=O)CN(C)Cc1ccc(OCC(O)CN2CCCCCCC2)c(OC)c1. The minimum absolute atomic E-state index is 0.222. The van der Waals surface area contributed by atoms with Gasteiger partial charge in [-0.15, -0.1) is 0 Å². The van der Waals surface area contributed by atoms with Crippen LogP contribution in [0.5, 0.6) is 11.5 Å². The van der Waals surface area contributed by atoms with E-state index >= 15 is 0 Å². The smallest absolute Gasteiger partial charge is 0.319 e. The first-order valence-corrected chi connectivity index (χ1v) is 10.5. The molecular formula is C22H36N2O5. The van der Waals surface area contributed by atoms with E-state index in [9.17, 15) is 9.90 Å². The number of methoxy groups -OCH3 is 2. The van der Waals surface area contributed by atoms with Gasteiger partial charge < -0.3 is 24.2 Å². The highest BCUT2D eigenvalue weighted by Crippen LogP contribution is 2.28. The van der Waals surface area contributed by atoms with Gasteiger partial charge in [-0.3, -0.25) is 9.69 Å². The van der Waals surface area contributed by atoms with Crippen LogP contribution in [0.1, 0.15) is 37.7 Å². The van der Waals surface area contributed by atoms with Crippen molar-refractivity contribution in [3.8, 4) is 11.5 Å². The lowest BCUT2D eigenvalue weighted by Crippen LogP contribution is -2.37. The molecule has 2 rings (SSSR count). The third-order valence-corrected chi connectivity index (χ3v) is 5.16. The van der Waals surface area contributed by atoms with Crippen molar-refractivity contribution in [2.24, 2.45) is 0 Å². The number of benzene rings is 1. The summed E-state index contributed by atoms with van der Waals surface area (Å²) in [5.74, 6) is 0.958. The number of rotatable bonds is 10. The molecule has 164 valence electrons. The first-order chi connectivity index (χ1) is 14.0. The molecule has 1 heterocycles. The van der Waals surface area contributed by atoms with Crippen molar-refractivity contribution < 1.29 is 24.1 Å². The molecule has 1 atom stereocenters. The summed E-state index contributed by atoms with van der Waals surface area (Å²) in [5.41, 5.74) is 1.00. The molecule has 1 unspecified atom stereocenters. The molecule has 1 aromatic carbocycles. The molecule has 1 saturated heterocycles. The fourth-order valence-electron chi connectivity index (χ4n) is 3.61. The van der Waals surface area contributed by atoms with Crippen LogP contribution in [0.4, 0.5) is 0 Å². The molecule has 1 N–H and O–H groups in total. The molecule has 0 spiro atoms. The van der Waals surface area contributed by atoms with Crippen LogP contribution in [0.3, 0.4) is 0 Å². The van der Waals surface area contributed by atoms with E-state index in [0.717, 1.165) is 18.7 Å². The molecule has 1 aliphatic heterocycles. The highest BCUT2D eigenvalue weighted by molar-refractivity contribution is 5.71.